The van der Waals surface area contributed by atoms with Crippen LogP contribution in [0.25, 0.3) is 10.8 Å². The molecule has 1 radical (unpaired) electrons. The maximum Gasteiger partial charge on any atom is -0.0149 e. The highest BCUT2D eigenvalue weighted by atomic mass is 14.2. The summed E-state index contributed by atoms with van der Waals surface area (Å²) in [7, 11) is 0. The van der Waals surface area contributed by atoms with Crippen molar-refractivity contribution >= 4 is 10.8 Å². The zero-order chi connectivity index (χ0) is 12.8. The molecule has 0 fully saturated rings. The molecule has 0 spiro atoms. The van der Waals surface area contributed by atoms with Gasteiger partial charge in [-0.2, -0.15) is 0 Å². The van der Waals surface area contributed by atoms with Crippen LogP contribution in [0.5, 0.6) is 0 Å². The first kappa shape index (κ1) is 13.1. The van der Waals surface area contributed by atoms with Crippen molar-refractivity contribution in [3.05, 3.63) is 55.0 Å². The SMILES string of the molecule is [CH2]CC(CCCCC)c1cccc2ccccc12. The first-order chi connectivity index (χ1) is 8.86. The third-order valence-electron chi connectivity index (χ3n) is 3.77. The number of fused-ring (bicyclic) bond motifs is 1. The van der Waals surface area contributed by atoms with Crippen LogP contribution in [0.3, 0.4) is 0 Å². The Bertz CT molecular complexity index is 479. The van der Waals surface area contributed by atoms with Crippen LogP contribution in [-0.4, -0.2) is 0 Å². The van der Waals surface area contributed by atoms with Gasteiger partial charge in [-0.3, -0.25) is 0 Å². The Hall–Kier alpha value is -1.30. The summed E-state index contributed by atoms with van der Waals surface area (Å²) in [6.45, 7) is 6.41. The summed E-state index contributed by atoms with van der Waals surface area (Å²) < 4.78 is 0. The first-order valence-electron chi connectivity index (χ1n) is 7.13. The van der Waals surface area contributed by atoms with E-state index in [1.54, 1.807) is 0 Å². The normalized spacial score (nSPS) is 12.8. The highest BCUT2D eigenvalue weighted by Crippen LogP contribution is 2.31. The van der Waals surface area contributed by atoms with E-state index in [1.165, 1.54) is 42.0 Å². The third-order valence-corrected chi connectivity index (χ3v) is 3.77. The molecular weight excluding hydrogens is 216 g/mol. The highest BCUT2D eigenvalue weighted by Gasteiger charge is 2.11. The largest absolute Gasteiger partial charge is 0.0654 e. The zero-order valence-electron chi connectivity index (χ0n) is 11.4. The molecular formula is C18H23. The minimum atomic E-state index is 0.614. The second kappa shape index (κ2) is 6.58. The van der Waals surface area contributed by atoms with Crippen LogP contribution in [0.15, 0.2) is 42.5 Å². The quantitative estimate of drug-likeness (QED) is 0.565. The van der Waals surface area contributed by atoms with Gasteiger partial charge in [0.05, 0.1) is 0 Å². The monoisotopic (exact) mass is 239 g/mol. The fraction of sp³-hybridized carbons (Fsp3) is 0.389. The fourth-order valence-electron chi connectivity index (χ4n) is 2.70. The lowest BCUT2D eigenvalue weighted by molar-refractivity contribution is 0.572. The van der Waals surface area contributed by atoms with Gasteiger partial charge < -0.3 is 0 Å². The molecule has 95 valence electrons. The molecule has 1 unspecified atom stereocenters. The van der Waals surface area contributed by atoms with Crippen LogP contribution in [0, 0.1) is 6.92 Å². The molecule has 0 heteroatoms. The molecule has 0 saturated heterocycles. The van der Waals surface area contributed by atoms with Crippen molar-refractivity contribution in [2.75, 3.05) is 0 Å². The summed E-state index contributed by atoms with van der Waals surface area (Å²) in [4.78, 5) is 0. The Morgan fingerprint density at radius 2 is 1.78 bits per heavy atom. The van der Waals surface area contributed by atoms with Crippen molar-refractivity contribution in [1.29, 1.82) is 0 Å². The lowest BCUT2D eigenvalue weighted by Crippen LogP contribution is -1.98. The molecule has 2 aromatic carbocycles. The van der Waals surface area contributed by atoms with Crippen molar-refractivity contribution in [3.63, 3.8) is 0 Å². The van der Waals surface area contributed by atoms with Gasteiger partial charge in [0, 0.05) is 0 Å². The van der Waals surface area contributed by atoms with E-state index in [-0.39, 0.29) is 0 Å². The van der Waals surface area contributed by atoms with Gasteiger partial charge in [-0.15, -0.1) is 0 Å². The summed E-state index contributed by atoms with van der Waals surface area (Å²) >= 11 is 0. The van der Waals surface area contributed by atoms with E-state index in [4.69, 9.17) is 0 Å². The molecule has 0 amide bonds. The Kier molecular flexibility index (Phi) is 4.81. The van der Waals surface area contributed by atoms with Crippen molar-refractivity contribution in [2.45, 2.75) is 44.9 Å². The fourth-order valence-corrected chi connectivity index (χ4v) is 2.70. The average Bonchev–Trinajstić information content (AvgIpc) is 2.43. The van der Waals surface area contributed by atoms with Crippen molar-refractivity contribution in [2.24, 2.45) is 0 Å². The van der Waals surface area contributed by atoms with E-state index in [2.05, 4.69) is 56.3 Å². The minimum absolute atomic E-state index is 0.614. The van der Waals surface area contributed by atoms with E-state index in [0.717, 1.165) is 6.42 Å². The summed E-state index contributed by atoms with van der Waals surface area (Å²) in [5, 5.41) is 2.76. The van der Waals surface area contributed by atoms with Crippen molar-refractivity contribution < 1.29 is 0 Å². The molecule has 1 atom stereocenters. The Morgan fingerprint density at radius 1 is 1.00 bits per heavy atom. The lowest BCUT2D eigenvalue weighted by Gasteiger charge is -2.17. The predicted octanol–water partition coefficient (Wildman–Crippen LogP) is 5.73. The Balaban J connectivity index is 2.27. The van der Waals surface area contributed by atoms with Gasteiger partial charge in [-0.05, 0) is 35.1 Å². The smallest absolute Gasteiger partial charge is 0.0149 e. The molecule has 0 heterocycles. The second-order valence-corrected chi connectivity index (χ2v) is 5.05. The molecule has 0 aliphatic heterocycles. The van der Waals surface area contributed by atoms with E-state index < -0.39 is 0 Å². The van der Waals surface area contributed by atoms with E-state index >= 15 is 0 Å². The average molecular weight is 239 g/mol. The van der Waals surface area contributed by atoms with Gasteiger partial charge in [-0.1, -0.05) is 75.6 Å². The van der Waals surface area contributed by atoms with Crippen LogP contribution in [0.1, 0.15) is 50.5 Å². The number of unbranched alkanes of at least 4 members (excludes halogenated alkanes) is 2. The first-order valence-corrected chi connectivity index (χ1v) is 7.13. The summed E-state index contributed by atoms with van der Waals surface area (Å²) in [5.41, 5.74) is 1.49. The molecule has 0 saturated carbocycles. The standard InChI is InChI=1S/C18H23/c1-3-5-6-10-15(4-2)17-14-9-12-16-11-7-8-13-18(16)17/h7-9,11-15H,2-6,10H2,1H3. The molecule has 0 bridgehead atoms. The van der Waals surface area contributed by atoms with Gasteiger partial charge in [0.15, 0.2) is 0 Å². The van der Waals surface area contributed by atoms with Gasteiger partial charge in [0.1, 0.15) is 0 Å². The topological polar surface area (TPSA) is 0 Å². The molecule has 0 aliphatic carbocycles. The zero-order valence-corrected chi connectivity index (χ0v) is 11.4. The highest BCUT2D eigenvalue weighted by molar-refractivity contribution is 5.86. The molecule has 0 nitrogen and oxygen atoms in total. The van der Waals surface area contributed by atoms with Gasteiger partial charge in [0.2, 0.25) is 0 Å². The number of hydrogen-bond acceptors (Lipinski definition) is 0. The predicted molar refractivity (Wildman–Crippen MR) is 80.8 cm³/mol. The Labute approximate surface area is 111 Å². The molecule has 0 aromatic heterocycles. The number of hydrogen-bond donors (Lipinski definition) is 0. The molecule has 0 aliphatic rings. The number of rotatable bonds is 6. The Morgan fingerprint density at radius 3 is 2.56 bits per heavy atom. The maximum atomic E-state index is 4.15. The number of benzene rings is 2. The molecule has 2 aromatic rings. The van der Waals surface area contributed by atoms with Crippen molar-refractivity contribution in [1.82, 2.24) is 0 Å². The summed E-state index contributed by atoms with van der Waals surface area (Å²) in [6, 6.07) is 15.4. The van der Waals surface area contributed by atoms with Crippen LogP contribution < -0.4 is 0 Å². The molecule has 0 N–H and O–H groups in total. The lowest BCUT2D eigenvalue weighted by atomic mass is 9.87. The third kappa shape index (κ3) is 2.93. The molecule has 18 heavy (non-hydrogen) atoms. The van der Waals surface area contributed by atoms with Crippen LogP contribution in [0.4, 0.5) is 0 Å². The van der Waals surface area contributed by atoms with Crippen molar-refractivity contribution in [3.8, 4) is 0 Å². The van der Waals surface area contributed by atoms with E-state index in [9.17, 15) is 0 Å². The second-order valence-electron chi connectivity index (χ2n) is 5.05. The summed E-state index contributed by atoms with van der Waals surface area (Å²) in [6.07, 6.45) is 6.21. The van der Waals surface area contributed by atoms with Crippen LogP contribution in [-0.2, 0) is 0 Å². The van der Waals surface area contributed by atoms with Crippen LogP contribution >= 0.6 is 0 Å². The van der Waals surface area contributed by atoms with E-state index in [1.807, 2.05) is 0 Å². The minimum Gasteiger partial charge on any atom is -0.0654 e. The van der Waals surface area contributed by atoms with Gasteiger partial charge in [0.25, 0.3) is 0 Å². The maximum absolute atomic E-state index is 4.15. The van der Waals surface area contributed by atoms with Gasteiger partial charge in [-0.25, -0.2) is 0 Å². The molecule has 2 rings (SSSR count). The summed E-state index contributed by atoms with van der Waals surface area (Å²) in [5.74, 6) is 0.614. The van der Waals surface area contributed by atoms with Gasteiger partial charge >= 0.3 is 0 Å². The van der Waals surface area contributed by atoms with E-state index in [0.29, 0.717) is 5.92 Å². The van der Waals surface area contributed by atoms with Crippen LogP contribution in [0.2, 0.25) is 0 Å².